The quantitative estimate of drug-likeness (QED) is 0.393. The predicted octanol–water partition coefficient (Wildman–Crippen LogP) is 5.65. The van der Waals surface area contributed by atoms with Gasteiger partial charge in [-0.15, -0.1) is 0 Å². The van der Waals surface area contributed by atoms with Crippen LogP contribution >= 0.6 is 0 Å². The summed E-state index contributed by atoms with van der Waals surface area (Å²) in [5, 5.41) is 9.14. The fourth-order valence-corrected chi connectivity index (χ4v) is 3.18. The second-order valence-electron chi connectivity index (χ2n) is 6.89. The number of nitrogens with one attached hydrogen (secondary N) is 3. The number of anilines is 3. The molecule has 0 saturated carbocycles. The Labute approximate surface area is 179 Å². The van der Waals surface area contributed by atoms with Gasteiger partial charge in [0.2, 0.25) is 0 Å². The van der Waals surface area contributed by atoms with E-state index in [4.69, 9.17) is 9.15 Å². The zero-order valence-electron chi connectivity index (χ0n) is 17.1. The molecule has 0 radical (unpaired) electrons. The van der Waals surface area contributed by atoms with E-state index in [9.17, 15) is 9.59 Å². The summed E-state index contributed by atoms with van der Waals surface area (Å²) in [7, 11) is 1.59. The number of methoxy groups -OCH3 is 1. The van der Waals surface area contributed by atoms with Gasteiger partial charge < -0.3 is 25.1 Å². The highest BCUT2D eigenvalue weighted by molar-refractivity contribution is 6.06. The zero-order chi connectivity index (χ0) is 21.8. The van der Waals surface area contributed by atoms with Crippen LogP contribution in [0.3, 0.4) is 0 Å². The van der Waals surface area contributed by atoms with Crippen molar-refractivity contribution >= 4 is 40.0 Å². The van der Waals surface area contributed by atoms with E-state index in [1.807, 2.05) is 31.2 Å². The van der Waals surface area contributed by atoms with Crippen LogP contribution in [0.1, 0.15) is 16.1 Å². The maximum Gasteiger partial charge on any atom is 0.323 e. The Morgan fingerprint density at radius 1 is 0.806 bits per heavy atom. The van der Waals surface area contributed by atoms with Crippen molar-refractivity contribution in [1.82, 2.24) is 0 Å². The maximum atomic E-state index is 12.7. The standard InChI is InChI=1S/C24H21N3O4/c1-15-20-14-19(30-2)12-13-21(20)31-22(15)23(28)25-17-8-10-18(11-9-17)27-24(29)26-16-6-4-3-5-7-16/h3-14H,1-2H3,(H,25,28)(H2,26,27,29). The van der Waals surface area contributed by atoms with Gasteiger partial charge in [-0.2, -0.15) is 0 Å². The van der Waals surface area contributed by atoms with E-state index in [1.54, 1.807) is 55.6 Å². The molecule has 0 bridgehead atoms. The second kappa shape index (κ2) is 8.62. The number of fused-ring (bicyclic) bond motifs is 1. The Morgan fingerprint density at radius 3 is 2.06 bits per heavy atom. The molecule has 0 aliphatic rings. The third kappa shape index (κ3) is 4.51. The number of para-hydroxylation sites is 1. The Morgan fingerprint density at radius 2 is 1.42 bits per heavy atom. The molecular formula is C24H21N3O4. The Bertz CT molecular complexity index is 1230. The van der Waals surface area contributed by atoms with Gasteiger partial charge in [0.1, 0.15) is 11.3 Å². The van der Waals surface area contributed by atoms with Gasteiger partial charge in [0.15, 0.2) is 5.76 Å². The number of carbonyl (C=O) groups excluding carboxylic acids is 2. The lowest BCUT2D eigenvalue weighted by molar-refractivity contribution is 0.0998. The van der Waals surface area contributed by atoms with Crippen LogP contribution in [0.15, 0.2) is 77.2 Å². The SMILES string of the molecule is COc1ccc2oc(C(=O)Nc3ccc(NC(=O)Nc4ccccc4)cc3)c(C)c2c1. The number of ether oxygens (including phenoxy) is 1. The summed E-state index contributed by atoms with van der Waals surface area (Å²) in [5.74, 6) is 0.589. The molecule has 3 aromatic carbocycles. The zero-order valence-corrected chi connectivity index (χ0v) is 17.1. The van der Waals surface area contributed by atoms with Gasteiger partial charge in [0, 0.05) is 28.0 Å². The monoisotopic (exact) mass is 415 g/mol. The van der Waals surface area contributed by atoms with Crippen LogP contribution in [0, 0.1) is 6.92 Å². The fourth-order valence-electron chi connectivity index (χ4n) is 3.18. The molecule has 156 valence electrons. The topological polar surface area (TPSA) is 92.6 Å². The van der Waals surface area contributed by atoms with E-state index in [1.165, 1.54) is 0 Å². The first kappa shape index (κ1) is 20.0. The molecule has 3 amide bonds. The minimum Gasteiger partial charge on any atom is -0.497 e. The maximum absolute atomic E-state index is 12.7. The summed E-state index contributed by atoms with van der Waals surface area (Å²) in [4.78, 5) is 24.8. The molecule has 0 fully saturated rings. The average molecular weight is 415 g/mol. The molecule has 0 unspecified atom stereocenters. The van der Waals surface area contributed by atoms with Gasteiger partial charge in [0.25, 0.3) is 5.91 Å². The Kier molecular flexibility index (Phi) is 5.57. The van der Waals surface area contributed by atoms with Gasteiger partial charge in [-0.3, -0.25) is 4.79 Å². The summed E-state index contributed by atoms with van der Waals surface area (Å²) in [6, 6.07) is 21.0. The second-order valence-corrected chi connectivity index (χ2v) is 6.89. The third-order valence-corrected chi connectivity index (χ3v) is 4.78. The predicted molar refractivity (Wildman–Crippen MR) is 121 cm³/mol. The van der Waals surface area contributed by atoms with E-state index < -0.39 is 0 Å². The highest BCUT2D eigenvalue weighted by Gasteiger charge is 2.18. The first-order valence-electron chi connectivity index (χ1n) is 9.65. The van der Waals surface area contributed by atoms with Crippen molar-refractivity contribution < 1.29 is 18.7 Å². The molecule has 1 aromatic heterocycles. The lowest BCUT2D eigenvalue weighted by atomic mass is 10.1. The minimum absolute atomic E-state index is 0.243. The van der Waals surface area contributed by atoms with Crippen molar-refractivity contribution in [3.8, 4) is 5.75 Å². The van der Waals surface area contributed by atoms with Crippen molar-refractivity contribution in [2.45, 2.75) is 6.92 Å². The largest absolute Gasteiger partial charge is 0.497 e. The summed E-state index contributed by atoms with van der Waals surface area (Å²) >= 11 is 0. The number of hydrogen-bond donors (Lipinski definition) is 3. The number of aryl methyl sites for hydroxylation is 1. The third-order valence-electron chi connectivity index (χ3n) is 4.78. The van der Waals surface area contributed by atoms with Gasteiger partial charge in [-0.1, -0.05) is 18.2 Å². The van der Waals surface area contributed by atoms with Crippen molar-refractivity contribution in [1.29, 1.82) is 0 Å². The average Bonchev–Trinajstić information content (AvgIpc) is 3.11. The summed E-state index contributed by atoms with van der Waals surface area (Å²) in [5.41, 5.74) is 3.23. The van der Waals surface area contributed by atoms with Crippen LogP contribution in [0.25, 0.3) is 11.0 Å². The van der Waals surface area contributed by atoms with Gasteiger partial charge in [0.05, 0.1) is 7.11 Å². The summed E-state index contributed by atoms with van der Waals surface area (Å²) in [6.07, 6.45) is 0. The van der Waals surface area contributed by atoms with Crippen molar-refractivity contribution in [3.63, 3.8) is 0 Å². The minimum atomic E-state index is -0.352. The van der Waals surface area contributed by atoms with Crippen LogP contribution in [0.2, 0.25) is 0 Å². The molecule has 7 heteroatoms. The van der Waals surface area contributed by atoms with Gasteiger partial charge in [-0.05, 0) is 61.5 Å². The molecule has 4 aromatic rings. The highest BCUT2D eigenvalue weighted by Crippen LogP contribution is 2.29. The van der Waals surface area contributed by atoms with Crippen LogP contribution in [-0.4, -0.2) is 19.0 Å². The molecule has 7 nitrogen and oxygen atoms in total. The molecule has 4 rings (SSSR count). The first-order valence-corrected chi connectivity index (χ1v) is 9.65. The number of amides is 3. The first-order chi connectivity index (χ1) is 15.0. The molecule has 0 atom stereocenters. The van der Waals surface area contributed by atoms with Crippen LogP contribution in [0.4, 0.5) is 21.9 Å². The van der Waals surface area contributed by atoms with E-state index in [2.05, 4.69) is 16.0 Å². The summed E-state index contributed by atoms with van der Waals surface area (Å²) in [6.45, 7) is 1.83. The van der Waals surface area contributed by atoms with E-state index in [-0.39, 0.29) is 17.7 Å². The molecule has 3 N–H and O–H groups in total. The van der Waals surface area contributed by atoms with Crippen molar-refractivity contribution in [2.75, 3.05) is 23.1 Å². The lowest BCUT2D eigenvalue weighted by Crippen LogP contribution is -2.19. The Balaban J connectivity index is 1.42. The number of benzene rings is 3. The molecule has 1 heterocycles. The van der Waals surface area contributed by atoms with Crippen LogP contribution in [0.5, 0.6) is 5.75 Å². The van der Waals surface area contributed by atoms with Gasteiger partial charge >= 0.3 is 6.03 Å². The molecule has 0 aliphatic carbocycles. The van der Waals surface area contributed by atoms with Crippen LogP contribution < -0.4 is 20.7 Å². The van der Waals surface area contributed by atoms with Crippen molar-refractivity contribution in [3.05, 3.63) is 84.1 Å². The normalized spacial score (nSPS) is 10.5. The number of carbonyl (C=O) groups is 2. The molecule has 0 saturated heterocycles. The number of urea groups is 1. The lowest BCUT2D eigenvalue weighted by Gasteiger charge is -2.09. The van der Waals surface area contributed by atoms with Crippen LogP contribution in [-0.2, 0) is 0 Å². The summed E-state index contributed by atoms with van der Waals surface area (Å²) < 4.78 is 11.0. The Hall–Kier alpha value is -4.26. The van der Waals surface area contributed by atoms with E-state index in [0.29, 0.717) is 28.4 Å². The molecule has 0 aliphatic heterocycles. The smallest absolute Gasteiger partial charge is 0.323 e. The van der Waals surface area contributed by atoms with Gasteiger partial charge in [-0.25, -0.2) is 4.79 Å². The van der Waals surface area contributed by atoms with E-state index >= 15 is 0 Å². The number of rotatable bonds is 5. The number of hydrogen-bond acceptors (Lipinski definition) is 4. The van der Waals surface area contributed by atoms with E-state index in [0.717, 1.165) is 10.9 Å². The fraction of sp³-hybridized carbons (Fsp3) is 0.0833. The highest BCUT2D eigenvalue weighted by atomic mass is 16.5. The number of furan rings is 1. The van der Waals surface area contributed by atoms with Crippen molar-refractivity contribution in [2.24, 2.45) is 0 Å². The molecular weight excluding hydrogens is 394 g/mol. The molecule has 31 heavy (non-hydrogen) atoms. The molecule has 0 spiro atoms.